The van der Waals surface area contributed by atoms with E-state index in [9.17, 15) is 5.11 Å². The highest BCUT2D eigenvalue weighted by atomic mass is 16.3. The Kier molecular flexibility index (Phi) is 2.52. The lowest BCUT2D eigenvalue weighted by Crippen LogP contribution is -1.99. The van der Waals surface area contributed by atoms with Crippen LogP contribution >= 0.6 is 0 Å². The van der Waals surface area contributed by atoms with E-state index in [1.807, 2.05) is 37.3 Å². The van der Waals surface area contributed by atoms with Crippen LogP contribution in [0.4, 0.5) is 0 Å². The molecule has 2 aromatic rings. The Morgan fingerprint density at radius 1 is 1.33 bits per heavy atom. The van der Waals surface area contributed by atoms with Crippen LogP contribution < -0.4 is 0 Å². The fourth-order valence-corrected chi connectivity index (χ4v) is 1.63. The summed E-state index contributed by atoms with van der Waals surface area (Å²) < 4.78 is 0. The number of pyridine rings is 1. The number of benzene rings is 1. The zero-order valence-corrected chi connectivity index (χ0v) is 8.64. The molecule has 2 rings (SSSR count). The van der Waals surface area contributed by atoms with Crippen molar-refractivity contribution in [1.82, 2.24) is 4.98 Å². The van der Waals surface area contributed by atoms with Gasteiger partial charge in [-0.2, -0.15) is 0 Å². The molecule has 0 aliphatic heterocycles. The maximum Gasteiger partial charge on any atom is 0.100 e. The van der Waals surface area contributed by atoms with Gasteiger partial charge in [-0.1, -0.05) is 24.8 Å². The molecule has 2 nitrogen and oxygen atoms in total. The van der Waals surface area contributed by atoms with Gasteiger partial charge >= 0.3 is 0 Å². The number of fused-ring (bicyclic) bond motifs is 1. The normalized spacial score (nSPS) is 12.7. The molecule has 0 saturated heterocycles. The summed E-state index contributed by atoms with van der Waals surface area (Å²) in [6.07, 6.45) is 1.14. The summed E-state index contributed by atoms with van der Waals surface area (Å²) >= 11 is 0. The number of aliphatic hydroxyl groups is 1. The largest absolute Gasteiger partial charge is 0.384 e. The number of hydrogen-bond donors (Lipinski definition) is 1. The molecule has 1 aromatic carbocycles. The third-order valence-electron chi connectivity index (χ3n) is 2.44. The first kappa shape index (κ1) is 9.87. The number of hydrogen-bond acceptors (Lipinski definition) is 2. The maximum atomic E-state index is 9.97. The van der Waals surface area contributed by atoms with Gasteiger partial charge in [0.05, 0.1) is 5.52 Å². The molecular weight excluding hydrogens is 186 g/mol. The summed E-state index contributed by atoms with van der Waals surface area (Å²) in [5.74, 6) is 0. The van der Waals surface area contributed by atoms with Crippen molar-refractivity contribution < 1.29 is 5.11 Å². The van der Waals surface area contributed by atoms with E-state index in [0.29, 0.717) is 0 Å². The predicted octanol–water partition coefficient (Wildman–Crippen LogP) is 2.84. The van der Waals surface area contributed by atoms with E-state index in [4.69, 9.17) is 0 Å². The highest BCUT2D eigenvalue weighted by molar-refractivity contribution is 5.82. The van der Waals surface area contributed by atoms with E-state index in [0.717, 1.165) is 22.0 Å². The van der Waals surface area contributed by atoms with E-state index in [2.05, 4.69) is 11.6 Å². The van der Waals surface area contributed by atoms with Crippen LogP contribution in [0.3, 0.4) is 0 Å². The van der Waals surface area contributed by atoms with Gasteiger partial charge in [-0.25, -0.2) is 0 Å². The van der Waals surface area contributed by atoms with E-state index >= 15 is 0 Å². The van der Waals surface area contributed by atoms with Crippen molar-refractivity contribution in [1.29, 1.82) is 0 Å². The minimum absolute atomic E-state index is 0.613. The zero-order chi connectivity index (χ0) is 10.8. The second kappa shape index (κ2) is 3.83. The van der Waals surface area contributed by atoms with Crippen LogP contribution in [0.25, 0.3) is 10.9 Å². The Bertz CT molecular complexity index is 499. The Morgan fingerprint density at radius 2 is 2.13 bits per heavy atom. The quantitative estimate of drug-likeness (QED) is 0.754. The van der Waals surface area contributed by atoms with Crippen molar-refractivity contribution in [3.63, 3.8) is 0 Å². The molecule has 15 heavy (non-hydrogen) atoms. The molecule has 0 aliphatic rings. The number of nitrogens with zero attached hydrogens (tertiary/aromatic N) is 1. The standard InChI is InChI=1S/C13H13NO/c1-9(2)13(15)11-5-3-7-12-10(11)6-4-8-14-12/h3-8,13,15H,1H2,2H3. The molecule has 1 heterocycles. The van der Waals surface area contributed by atoms with Crippen LogP contribution in [-0.4, -0.2) is 10.1 Å². The molecule has 1 aromatic heterocycles. The molecule has 2 heteroatoms. The molecule has 1 unspecified atom stereocenters. The van der Waals surface area contributed by atoms with E-state index < -0.39 is 6.10 Å². The summed E-state index contributed by atoms with van der Waals surface area (Å²) in [5, 5.41) is 11.0. The zero-order valence-electron chi connectivity index (χ0n) is 8.64. The molecule has 0 saturated carbocycles. The third-order valence-corrected chi connectivity index (χ3v) is 2.44. The first-order valence-electron chi connectivity index (χ1n) is 4.87. The number of rotatable bonds is 2. The van der Waals surface area contributed by atoms with Gasteiger partial charge in [0.25, 0.3) is 0 Å². The lowest BCUT2D eigenvalue weighted by molar-refractivity contribution is 0.218. The van der Waals surface area contributed by atoms with Gasteiger partial charge < -0.3 is 5.11 Å². The van der Waals surface area contributed by atoms with Gasteiger partial charge in [0.15, 0.2) is 0 Å². The lowest BCUT2D eigenvalue weighted by atomic mass is 9.99. The topological polar surface area (TPSA) is 33.1 Å². The molecule has 76 valence electrons. The average molecular weight is 199 g/mol. The lowest BCUT2D eigenvalue weighted by Gasteiger charge is -2.12. The fourth-order valence-electron chi connectivity index (χ4n) is 1.63. The SMILES string of the molecule is C=C(C)C(O)c1cccc2ncccc12. The molecule has 1 atom stereocenters. The third kappa shape index (κ3) is 1.76. The second-order valence-electron chi connectivity index (χ2n) is 3.67. The van der Waals surface area contributed by atoms with Crippen LogP contribution in [0.2, 0.25) is 0 Å². The highest BCUT2D eigenvalue weighted by Crippen LogP contribution is 2.26. The van der Waals surface area contributed by atoms with Crippen molar-refractivity contribution in [3.05, 3.63) is 54.2 Å². The summed E-state index contributed by atoms with van der Waals surface area (Å²) in [6, 6.07) is 9.57. The van der Waals surface area contributed by atoms with Crippen molar-refractivity contribution in [2.45, 2.75) is 13.0 Å². The van der Waals surface area contributed by atoms with Crippen molar-refractivity contribution in [2.24, 2.45) is 0 Å². The van der Waals surface area contributed by atoms with E-state index in [1.165, 1.54) is 0 Å². The van der Waals surface area contributed by atoms with E-state index in [1.54, 1.807) is 6.20 Å². The Morgan fingerprint density at radius 3 is 2.87 bits per heavy atom. The smallest absolute Gasteiger partial charge is 0.100 e. The van der Waals surface area contributed by atoms with Crippen LogP contribution in [0.1, 0.15) is 18.6 Å². The Hall–Kier alpha value is -1.67. The van der Waals surface area contributed by atoms with Crippen LogP contribution in [0.15, 0.2) is 48.7 Å². The minimum Gasteiger partial charge on any atom is -0.384 e. The molecular formula is C13H13NO. The van der Waals surface area contributed by atoms with Gasteiger partial charge in [-0.15, -0.1) is 0 Å². The monoisotopic (exact) mass is 199 g/mol. The van der Waals surface area contributed by atoms with Gasteiger partial charge in [-0.05, 0) is 30.2 Å². The van der Waals surface area contributed by atoms with Crippen LogP contribution in [0.5, 0.6) is 0 Å². The average Bonchev–Trinajstić information content (AvgIpc) is 2.27. The molecule has 0 spiro atoms. The summed E-state index contributed by atoms with van der Waals surface area (Å²) in [6.45, 7) is 5.59. The van der Waals surface area contributed by atoms with Crippen LogP contribution in [0, 0.1) is 0 Å². The number of aromatic nitrogens is 1. The summed E-state index contributed by atoms with van der Waals surface area (Å²) in [4.78, 5) is 4.24. The van der Waals surface area contributed by atoms with E-state index in [-0.39, 0.29) is 0 Å². The molecule has 0 radical (unpaired) electrons. The number of aliphatic hydroxyl groups excluding tert-OH is 1. The molecule has 1 N–H and O–H groups in total. The van der Waals surface area contributed by atoms with Crippen LogP contribution in [-0.2, 0) is 0 Å². The fraction of sp³-hybridized carbons (Fsp3) is 0.154. The van der Waals surface area contributed by atoms with Crippen molar-refractivity contribution >= 4 is 10.9 Å². The Balaban J connectivity index is 2.65. The first-order chi connectivity index (χ1) is 7.20. The summed E-state index contributed by atoms with van der Waals surface area (Å²) in [7, 11) is 0. The highest BCUT2D eigenvalue weighted by Gasteiger charge is 2.11. The maximum absolute atomic E-state index is 9.97. The van der Waals surface area contributed by atoms with Gasteiger partial charge in [-0.3, -0.25) is 4.98 Å². The van der Waals surface area contributed by atoms with Crippen molar-refractivity contribution in [2.75, 3.05) is 0 Å². The predicted molar refractivity (Wildman–Crippen MR) is 61.5 cm³/mol. The van der Waals surface area contributed by atoms with Gasteiger partial charge in [0.1, 0.15) is 6.10 Å². The molecule has 0 amide bonds. The van der Waals surface area contributed by atoms with Gasteiger partial charge in [0, 0.05) is 11.6 Å². The van der Waals surface area contributed by atoms with Gasteiger partial charge in [0.2, 0.25) is 0 Å². The molecule has 0 aliphatic carbocycles. The minimum atomic E-state index is -0.613. The van der Waals surface area contributed by atoms with Crippen molar-refractivity contribution in [3.8, 4) is 0 Å². The second-order valence-corrected chi connectivity index (χ2v) is 3.67. The first-order valence-corrected chi connectivity index (χ1v) is 4.87. The Labute approximate surface area is 88.9 Å². The molecule has 0 fully saturated rings. The molecule has 0 bridgehead atoms. The summed E-state index contributed by atoms with van der Waals surface area (Å²) in [5.41, 5.74) is 2.51.